The molecule has 0 unspecified atom stereocenters. The molecule has 0 spiro atoms. The number of aromatic nitrogens is 1. The van der Waals surface area contributed by atoms with Gasteiger partial charge in [0.15, 0.2) is 0 Å². The van der Waals surface area contributed by atoms with Gasteiger partial charge in [-0.05, 0) is 38.0 Å². The van der Waals surface area contributed by atoms with E-state index in [0.29, 0.717) is 0 Å². The van der Waals surface area contributed by atoms with Crippen LogP contribution in [0.1, 0.15) is 17.5 Å². The van der Waals surface area contributed by atoms with E-state index in [0.717, 1.165) is 33.9 Å². The predicted octanol–water partition coefficient (Wildman–Crippen LogP) is 2.83. The van der Waals surface area contributed by atoms with Gasteiger partial charge in [-0.25, -0.2) is 13.4 Å². The highest BCUT2D eigenvalue weighted by atomic mass is 32.2. The number of hydrogen-bond donors (Lipinski definition) is 0. The van der Waals surface area contributed by atoms with Crippen molar-refractivity contribution in [1.29, 1.82) is 0 Å². The molecule has 1 aromatic heterocycles. The van der Waals surface area contributed by atoms with Crippen LogP contribution in [-0.4, -0.2) is 25.7 Å². The van der Waals surface area contributed by atoms with Crippen molar-refractivity contribution in [3.05, 3.63) is 34.2 Å². The van der Waals surface area contributed by atoms with Gasteiger partial charge in [-0.15, -0.1) is 11.3 Å². The zero-order valence-corrected chi connectivity index (χ0v) is 13.3. The van der Waals surface area contributed by atoms with E-state index < -0.39 is 10.0 Å². The lowest BCUT2D eigenvalue weighted by atomic mass is 10.1. The lowest BCUT2D eigenvalue weighted by Gasteiger charge is -2.21. The van der Waals surface area contributed by atoms with Crippen molar-refractivity contribution in [1.82, 2.24) is 4.98 Å². The third-order valence-electron chi connectivity index (χ3n) is 3.50. The maximum absolute atomic E-state index is 11.9. The van der Waals surface area contributed by atoms with Gasteiger partial charge in [0.05, 0.1) is 22.6 Å². The van der Waals surface area contributed by atoms with Crippen molar-refractivity contribution < 1.29 is 8.42 Å². The smallest absolute Gasteiger partial charge is 0.232 e. The van der Waals surface area contributed by atoms with Crippen LogP contribution in [0.4, 0.5) is 5.69 Å². The zero-order valence-electron chi connectivity index (χ0n) is 11.6. The normalized spacial score (nSPS) is 18.4. The summed E-state index contributed by atoms with van der Waals surface area (Å²) in [6.07, 6.45) is 2.01. The van der Waals surface area contributed by atoms with Gasteiger partial charge in [0.2, 0.25) is 10.0 Å². The topological polar surface area (TPSA) is 50.3 Å². The number of sulfonamides is 1. The van der Waals surface area contributed by atoms with Crippen LogP contribution < -0.4 is 4.31 Å². The molecule has 1 aromatic carbocycles. The predicted molar refractivity (Wildman–Crippen MR) is 82.8 cm³/mol. The third kappa shape index (κ3) is 2.23. The first-order chi connectivity index (χ1) is 9.36. The molecule has 0 saturated carbocycles. The minimum Gasteiger partial charge on any atom is -0.267 e. The Labute approximate surface area is 123 Å². The van der Waals surface area contributed by atoms with E-state index >= 15 is 0 Å². The van der Waals surface area contributed by atoms with Gasteiger partial charge in [0, 0.05) is 17.0 Å². The molecule has 6 heteroatoms. The summed E-state index contributed by atoms with van der Waals surface area (Å²) in [5, 5.41) is 3.07. The molecule has 106 valence electrons. The van der Waals surface area contributed by atoms with E-state index in [2.05, 4.69) is 11.1 Å². The first-order valence-electron chi connectivity index (χ1n) is 6.41. The monoisotopic (exact) mass is 308 g/mol. The van der Waals surface area contributed by atoms with E-state index in [1.165, 1.54) is 10.6 Å². The van der Waals surface area contributed by atoms with Crippen LogP contribution in [-0.2, 0) is 16.4 Å². The number of thiazole rings is 1. The first-order valence-corrected chi connectivity index (χ1v) is 9.14. The second-order valence-corrected chi connectivity index (χ2v) is 8.13. The Balaban J connectivity index is 2.06. The van der Waals surface area contributed by atoms with Crippen molar-refractivity contribution >= 4 is 27.0 Å². The van der Waals surface area contributed by atoms with E-state index in [1.807, 2.05) is 31.4 Å². The molecule has 4 nitrogen and oxygen atoms in total. The SMILES string of the molecule is Cc1nc(-c2ccc3c(c2)C[C@H](C)N3S(C)(=O)=O)cs1. The Kier molecular flexibility index (Phi) is 3.10. The van der Waals surface area contributed by atoms with Crippen LogP contribution in [0, 0.1) is 6.92 Å². The van der Waals surface area contributed by atoms with Gasteiger partial charge in [-0.3, -0.25) is 4.31 Å². The number of rotatable bonds is 2. The summed E-state index contributed by atoms with van der Waals surface area (Å²) in [6.45, 7) is 3.92. The number of fused-ring (bicyclic) bond motifs is 1. The Morgan fingerprint density at radius 1 is 1.40 bits per heavy atom. The van der Waals surface area contributed by atoms with Gasteiger partial charge in [0.1, 0.15) is 0 Å². The van der Waals surface area contributed by atoms with Gasteiger partial charge >= 0.3 is 0 Å². The molecule has 1 atom stereocenters. The van der Waals surface area contributed by atoms with Crippen LogP contribution in [0.2, 0.25) is 0 Å². The first kappa shape index (κ1) is 13.6. The van der Waals surface area contributed by atoms with Crippen molar-refractivity contribution in [2.45, 2.75) is 26.3 Å². The van der Waals surface area contributed by atoms with Crippen LogP contribution >= 0.6 is 11.3 Å². The largest absolute Gasteiger partial charge is 0.267 e. The minimum atomic E-state index is -3.22. The zero-order chi connectivity index (χ0) is 14.5. The quantitative estimate of drug-likeness (QED) is 0.857. The lowest BCUT2D eigenvalue weighted by Crippen LogP contribution is -2.34. The molecule has 0 amide bonds. The number of nitrogens with zero attached hydrogens (tertiary/aromatic N) is 2. The number of aryl methyl sites for hydroxylation is 1. The highest BCUT2D eigenvalue weighted by molar-refractivity contribution is 7.92. The number of benzene rings is 1. The standard InChI is InChI=1S/C14H16N2O2S2/c1-9-6-12-7-11(13-8-19-10(2)15-13)4-5-14(12)16(9)20(3,17)18/h4-5,7-9H,6H2,1-3H3/t9-/m0/s1. The Morgan fingerprint density at radius 2 is 2.15 bits per heavy atom. The molecule has 2 heterocycles. The fourth-order valence-electron chi connectivity index (χ4n) is 2.76. The molecule has 0 aliphatic carbocycles. The van der Waals surface area contributed by atoms with Crippen LogP contribution in [0.15, 0.2) is 23.6 Å². The summed E-state index contributed by atoms with van der Waals surface area (Å²) in [4.78, 5) is 4.48. The molecule has 0 radical (unpaired) electrons. The summed E-state index contributed by atoms with van der Waals surface area (Å²) >= 11 is 1.62. The molecule has 0 fully saturated rings. The van der Waals surface area contributed by atoms with Crippen molar-refractivity contribution in [3.63, 3.8) is 0 Å². The van der Waals surface area contributed by atoms with E-state index in [1.54, 1.807) is 11.3 Å². The summed E-state index contributed by atoms with van der Waals surface area (Å²) in [5.41, 5.74) is 3.89. The van der Waals surface area contributed by atoms with Crippen LogP contribution in [0.5, 0.6) is 0 Å². The Morgan fingerprint density at radius 3 is 2.75 bits per heavy atom. The fraction of sp³-hybridized carbons (Fsp3) is 0.357. The van der Waals surface area contributed by atoms with E-state index in [4.69, 9.17) is 0 Å². The van der Waals surface area contributed by atoms with Crippen molar-refractivity contribution in [3.8, 4) is 11.3 Å². The fourth-order valence-corrected chi connectivity index (χ4v) is 4.65. The number of anilines is 1. The Hall–Kier alpha value is -1.40. The lowest BCUT2D eigenvalue weighted by molar-refractivity contribution is 0.590. The highest BCUT2D eigenvalue weighted by Gasteiger charge is 2.32. The second-order valence-electron chi connectivity index (χ2n) is 5.21. The van der Waals surface area contributed by atoms with Gasteiger partial charge in [-0.2, -0.15) is 0 Å². The second kappa shape index (κ2) is 4.56. The summed E-state index contributed by atoms with van der Waals surface area (Å²) in [7, 11) is -3.22. The summed E-state index contributed by atoms with van der Waals surface area (Å²) in [5.74, 6) is 0. The van der Waals surface area contributed by atoms with E-state index in [9.17, 15) is 8.42 Å². The molecule has 2 aromatic rings. The maximum atomic E-state index is 11.9. The number of hydrogen-bond acceptors (Lipinski definition) is 4. The molecular weight excluding hydrogens is 292 g/mol. The molecule has 20 heavy (non-hydrogen) atoms. The average molecular weight is 308 g/mol. The minimum absolute atomic E-state index is 0.0209. The van der Waals surface area contributed by atoms with Gasteiger partial charge in [-0.1, -0.05) is 6.07 Å². The third-order valence-corrected chi connectivity index (χ3v) is 5.55. The molecule has 0 bridgehead atoms. The molecule has 0 saturated heterocycles. The van der Waals surface area contributed by atoms with Gasteiger partial charge in [0.25, 0.3) is 0 Å². The summed E-state index contributed by atoms with van der Waals surface area (Å²) in [6, 6.07) is 5.88. The Bertz CT molecular complexity index is 765. The van der Waals surface area contributed by atoms with E-state index in [-0.39, 0.29) is 6.04 Å². The van der Waals surface area contributed by atoms with Gasteiger partial charge < -0.3 is 0 Å². The van der Waals surface area contributed by atoms with Crippen molar-refractivity contribution in [2.75, 3.05) is 10.6 Å². The molecule has 3 rings (SSSR count). The maximum Gasteiger partial charge on any atom is 0.232 e. The van der Waals surface area contributed by atoms with Crippen LogP contribution in [0.3, 0.4) is 0 Å². The highest BCUT2D eigenvalue weighted by Crippen LogP contribution is 2.36. The van der Waals surface area contributed by atoms with Crippen molar-refractivity contribution in [2.24, 2.45) is 0 Å². The van der Waals surface area contributed by atoms with Crippen LogP contribution in [0.25, 0.3) is 11.3 Å². The molecule has 1 aliphatic rings. The summed E-state index contributed by atoms with van der Waals surface area (Å²) < 4.78 is 25.3. The molecule has 1 aliphatic heterocycles. The molecule has 0 N–H and O–H groups in total. The molecular formula is C14H16N2O2S2. The average Bonchev–Trinajstić information content (AvgIpc) is 2.89.